The Hall–Kier alpha value is -3.46. The zero-order valence-electron chi connectivity index (χ0n) is 18.4. The first-order valence-corrected chi connectivity index (χ1v) is 12.3. The van der Waals surface area contributed by atoms with E-state index in [2.05, 4.69) is 25.9 Å². The van der Waals surface area contributed by atoms with Crippen LogP contribution in [0.5, 0.6) is 0 Å². The minimum atomic E-state index is -0.790. The molecule has 0 saturated carbocycles. The number of anilines is 2. The van der Waals surface area contributed by atoms with Crippen LogP contribution < -0.4 is 16.0 Å². The molecule has 1 atom stereocenters. The van der Waals surface area contributed by atoms with Crippen molar-refractivity contribution in [1.82, 2.24) is 20.6 Å². The van der Waals surface area contributed by atoms with Gasteiger partial charge in [0.25, 0.3) is 5.91 Å². The summed E-state index contributed by atoms with van der Waals surface area (Å²) in [5, 5.41) is 11.6. The van der Waals surface area contributed by atoms with E-state index in [0.717, 1.165) is 11.1 Å². The van der Waals surface area contributed by atoms with Gasteiger partial charge in [-0.25, -0.2) is 4.98 Å². The highest BCUT2D eigenvalue weighted by atomic mass is 35.5. The Morgan fingerprint density at radius 2 is 1.77 bits per heavy atom. The van der Waals surface area contributed by atoms with Crippen LogP contribution in [-0.4, -0.2) is 27.8 Å². The maximum Gasteiger partial charge on any atom is 0.271 e. The Balaban J connectivity index is 1.45. The van der Waals surface area contributed by atoms with Crippen LogP contribution in [0.25, 0.3) is 0 Å². The fourth-order valence-electron chi connectivity index (χ4n) is 3.26. The number of halogens is 2. The molecule has 0 aliphatic carbocycles. The molecule has 35 heavy (non-hydrogen) atoms. The third-order valence-electron chi connectivity index (χ3n) is 5.02. The molecule has 0 fully saturated rings. The fourth-order valence-corrected chi connectivity index (χ4v) is 4.31. The van der Waals surface area contributed by atoms with Gasteiger partial charge in [-0.05, 0) is 29.3 Å². The van der Waals surface area contributed by atoms with Crippen molar-refractivity contribution < 1.29 is 9.59 Å². The van der Waals surface area contributed by atoms with Gasteiger partial charge >= 0.3 is 0 Å². The smallest absolute Gasteiger partial charge is 0.271 e. The number of rotatable bonds is 9. The highest BCUT2D eigenvalue weighted by molar-refractivity contribution is 7.14. The van der Waals surface area contributed by atoms with Gasteiger partial charge in [-0.15, -0.1) is 11.3 Å². The maximum atomic E-state index is 13.0. The molecule has 0 radical (unpaired) electrons. The number of amides is 2. The molecule has 10 heteroatoms. The van der Waals surface area contributed by atoms with Crippen LogP contribution in [0.4, 0.5) is 10.8 Å². The lowest BCUT2D eigenvalue weighted by atomic mass is 10.0. The van der Waals surface area contributed by atoms with Crippen molar-refractivity contribution in [2.45, 2.75) is 19.0 Å². The molecular formula is C25H21Cl2N5O2S. The molecule has 2 amide bonds. The predicted molar refractivity (Wildman–Crippen MR) is 139 cm³/mol. The molecule has 1 unspecified atom stereocenters. The quantitative estimate of drug-likeness (QED) is 0.277. The van der Waals surface area contributed by atoms with Gasteiger partial charge in [0.2, 0.25) is 5.91 Å². The lowest BCUT2D eigenvalue weighted by Gasteiger charge is -2.18. The topological polar surface area (TPSA) is 96.0 Å². The van der Waals surface area contributed by atoms with Crippen LogP contribution in [-0.2, 0) is 17.8 Å². The Bertz CT molecular complexity index is 1300. The average Bonchev–Trinajstić information content (AvgIpc) is 3.35. The van der Waals surface area contributed by atoms with Crippen molar-refractivity contribution in [2.75, 3.05) is 5.32 Å². The molecule has 4 rings (SSSR count). The summed E-state index contributed by atoms with van der Waals surface area (Å²) in [6.45, 7) is 0.305. The van der Waals surface area contributed by atoms with Crippen molar-refractivity contribution in [3.8, 4) is 0 Å². The molecule has 2 heterocycles. The van der Waals surface area contributed by atoms with Gasteiger partial charge in [-0.2, -0.15) is 0 Å². The standard InChI is InChI=1S/C25H21Cl2N5O2S/c26-18-9-4-10-19(22(18)27)31-25-32-21(15-35-25)24(34)30-20(12-16-6-2-1-3-7-16)23(33)29-14-17-8-5-11-28-13-17/h1-11,13,15,20H,12,14H2,(H,29,33)(H,30,34)(H,31,32). The van der Waals surface area contributed by atoms with Crippen LogP contribution in [0.2, 0.25) is 10.0 Å². The third-order valence-corrected chi connectivity index (χ3v) is 6.60. The normalized spacial score (nSPS) is 11.5. The summed E-state index contributed by atoms with van der Waals surface area (Å²) in [7, 11) is 0. The number of aromatic nitrogens is 2. The number of carbonyl (C=O) groups excluding carboxylic acids is 2. The van der Waals surface area contributed by atoms with E-state index < -0.39 is 11.9 Å². The van der Waals surface area contributed by atoms with Crippen molar-refractivity contribution in [3.63, 3.8) is 0 Å². The van der Waals surface area contributed by atoms with E-state index in [0.29, 0.717) is 33.8 Å². The van der Waals surface area contributed by atoms with Gasteiger partial charge in [0.05, 0.1) is 15.7 Å². The average molecular weight is 526 g/mol. The predicted octanol–water partition coefficient (Wildman–Crippen LogP) is 5.25. The van der Waals surface area contributed by atoms with Crippen LogP contribution in [0, 0.1) is 0 Å². The van der Waals surface area contributed by atoms with Gasteiger partial charge < -0.3 is 16.0 Å². The molecule has 0 saturated heterocycles. The van der Waals surface area contributed by atoms with Gasteiger partial charge in [0, 0.05) is 30.7 Å². The zero-order chi connectivity index (χ0) is 24.6. The van der Waals surface area contributed by atoms with E-state index in [4.69, 9.17) is 23.2 Å². The Labute approximate surface area is 216 Å². The first kappa shape index (κ1) is 24.7. The van der Waals surface area contributed by atoms with E-state index >= 15 is 0 Å². The summed E-state index contributed by atoms with van der Waals surface area (Å²) < 4.78 is 0. The maximum absolute atomic E-state index is 13.0. The first-order valence-electron chi connectivity index (χ1n) is 10.7. The number of carbonyl (C=O) groups is 2. The molecule has 178 valence electrons. The number of pyridine rings is 1. The lowest BCUT2D eigenvalue weighted by molar-refractivity contribution is -0.123. The number of nitrogens with zero attached hydrogens (tertiary/aromatic N) is 2. The second kappa shape index (κ2) is 11.8. The summed E-state index contributed by atoms with van der Waals surface area (Å²) >= 11 is 13.5. The number of thiazole rings is 1. The summed E-state index contributed by atoms with van der Waals surface area (Å²) in [6.07, 6.45) is 3.68. The third kappa shape index (κ3) is 6.79. The van der Waals surface area contributed by atoms with E-state index in [-0.39, 0.29) is 11.6 Å². The SMILES string of the molecule is O=C(NC(Cc1ccccc1)C(=O)NCc1cccnc1)c1csc(Nc2cccc(Cl)c2Cl)n1. The van der Waals surface area contributed by atoms with Crippen LogP contribution in [0.15, 0.2) is 78.4 Å². The largest absolute Gasteiger partial charge is 0.350 e. The zero-order valence-corrected chi connectivity index (χ0v) is 20.7. The molecule has 7 nitrogen and oxygen atoms in total. The molecule has 0 bridgehead atoms. The molecule has 0 aliphatic rings. The summed E-state index contributed by atoms with van der Waals surface area (Å²) in [4.78, 5) is 34.4. The highest BCUT2D eigenvalue weighted by Gasteiger charge is 2.23. The number of benzene rings is 2. The van der Waals surface area contributed by atoms with E-state index in [1.54, 1.807) is 42.0 Å². The van der Waals surface area contributed by atoms with Crippen molar-refractivity contribution in [2.24, 2.45) is 0 Å². The summed E-state index contributed by atoms with van der Waals surface area (Å²) in [5.41, 5.74) is 2.55. The molecular weight excluding hydrogens is 505 g/mol. The monoisotopic (exact) mass is 525 g/mol. The Morgan fingerprint density at radius 3 is 2.54 bits per heavy atom. The van der Waals surface area contributed by atoms with Gasteiger partial charge in [-0.1, -0.05) is 65.7 Å². The minimum absolute atomic E-state index is 0.189. The highest BCUT2D eigenvalue weighted by Crippen LogP contribution is 2.32. The fraction of sp³-hybridized carbons (Fsp3) is 0.120. The van der Waals surface area contributed by atoms with E-state index in [9.17, 15) is 9.59 Å². The summed E-state index contributed by atoms with van der Waals surface area (Å²) in [6, 6.07) is 17.6. The Kier molecular flexibility index (Phi) is 8.31. The minimum Gasteiger partial charge on any atom is -0.350 e. The van der Waals surface area contributed by atoms with Gasteiger partial charge in [0.15, 0.2) is 5.13 Å². The van der Waals surface area contributed by atoms with E-state index in [1.807, 2.05) is 36.4 Å². The Morgan fingerprint density at radius 1 is 0.971 bits per heavy atom. The number of nitrogens with one attached hydrogen (secondary N) is 3. The van der Waals surface area contributed by atoms with Gasteiger partial charge in [-0.3, -0.25) is 14.6 Å². The number of hydrogen-bond acceptors (Lipinski definition) is 6. The molecule has 4 aromatic rings. The lowest BCUT2D eigenvalue weighted by Crippen LogP contribution is -2.47. The van der Waals surface area contributed by atoms with Crippen molar-refractivity contribution >= 4 is 57.2 Å². The molecule has 3 N–H and O–H groups in total. The first-order chi connectivity index (χ1) is 17.0. The molecule has 2 aromatic carbocycles. The van der Waals surface area contributed by atoms with Gasteiger partial charge in [0.1, 0.15) is 11.7 Å². The second-order valence-corrected chi connectivity index (χ2v) is 9.20. The molecule has 0 aliphatic heterocycles. The number of hydrogen-bond donors (Lipinski definition) is 3. The van der Waals surface area contributed by atoms with Crippen molar-refractivity contribution in [3.05, 3.63) is 105 Å². The summed E-state index contributed by atoms with van der Waals surface area (Å²) in [5.74, 6) is -0.755. The van der Waals surface area contributed by atoms with E-state index in [1.165, 1.54) is 11.3 Å². The van der Waals surface area contributed by atoms with Crippen molar-refractivity contribution in [1.29, 1.82) is 0 Å². The molecule has 2 aromatic heterocycles. The van der Waals surface area contributed by atoms with Crippen LogP contribution in [0.3, 0.4) is 0 Å². The van der Waals surface area contributed by atoms with Crippen LogP contribution in [0.1, 0.15) is 21.6 Å². The molecule has 0 spiro atoms. The second-order valence-electron chi connectivity index (χ2n) is 7.56. The van der Waals surface area contributed by atoms with Crippen LogP contribution >= 0.6 is 34.5 Å².